The second kappa shape index (κ2) is 8.97. The van der Waals surface area contributed by atoms with Gasteiger partial charge in [-0.2, -0.15) is 0 Å². The highest BCUT2D eigenvalue weighted by Gasteiger charge is 2.09. The van der Waals surface area contributed by atoms with E-state index in [4.69, 9.17) is 32.7 Å². The highest BCUT2D eigenvalue weighted by Crippen LogP contribution is 2.30. The van der Waals surface area contributed by atoms with E-state index in [-0.39, 0.29) is 0 Å². The van der Waals surface area contributed by atoms with E-state index in [0.717, 1.165) is 46.2 Å². The Hall–Kier alpha value is 0.0800. The van der Waals surface area contributed by atoms with Gasteiger partial charge in [0.05, 0.1) is 20.4 Å². The van der Waals surface area contributed by atoms with Gasteiger partial charge >= 0.3 is 0 Å². The van der Waals surface area contributed by atoms with Crippen LogP contribution < -0.4 is 9.47 Å². The molecule has 0 aliphatic carbocycles. The number of ether oxygens (including phenoxy) is 2. The highest BCUT2D eigenvalue weighted by molar-refractivity contribution is 14.1. The fourth-order valence-electron chi connectivity index (χ4n) is 2.15. The summed E-state index contributed by atoms with van der Waals surface area (Å²) in [5.41, 5.74) is 2.09. The maximum absolute atomic E-state index is 6.02. The third-order valence-electron chi connectivity index (χ3n) is 3.17. The molecule has 2 aromatic carbocycles. The first-order valence-corrected chi connectivity index (χ1v) is 9.96. The Morgan fingerprint density at radius 2 is 1.17 bits per heavy atom. The third kappa shape index (κ3) is 5.54. The Bertz CT molecular complexity index is 599. The van der Waals surface area contributed by atoms with Gasteiger partial charge in [0.25, 0.3) is 0 Å². The van der Waals surface area contributed by atoms with Gasteiger partial charge in [0, 0.05) is 16.5 Å². The topological polar surface area (TPSA) is 18.5 Å². The predicted molar refractivity (Wildman–Crippen MR) is 113 cm³/mol. The van der Waals surface area contributed by atoms with Gasteiger partial charge in [0.2, 0.25) is 0 Å². The minimum absolute atomic E-state index is 0.599. The largest absolute Gasteiger partial charge is 0.492 e. The van der Waals surface area contributed by atoms with Crippen molar-refractivity contribution >= 4 is 68.4 Å². The molecule has 6 heteroatoms. The summed E-state index contributed by atoms with van der Waals surface area (Å²) in [6.45, 7) is 5.20. The van der Waals surface area contributed by atoms with E-state index in [0.29, 0.717) is 13.2 Å². The zero-order valence-electron chi connectivity index (χ0n) is 12.8. The fourth-order valence-corrected chi connectivity index (χ4v) is 4.90. The van der Waals surface area contributed by atoms with Crippen molar-refractivity contribution in [1.82, 2.24) is 0 Å². The summed E-state index contributed by atoms with van der Waals surface area (Å²) in [4.78, 5) is 0. The summed E-state index contributed by atoms with van der Waals surface area (Å²) < 4.78 is 13.8. The van der Waals surface area contributed by atoms with Crippen LogP contribution in [-0.2, 0) is 0 Å². The van der Waals surface area contributed by atoms with Crippen molar-refractivity contribution in [2.24, 2.45) is 0 Å². The van der Waals surface area contributed by atoms with E-state index < -0.39 is 0 Å². The lowest BCUT2D eigenvalue weighted by Gasteiger charge is -2.14. The summed E-state index contributed by atoms with van der Waals surface area (Å²) in [7, 11) is 0. The smallest absolute Gasteiger partial charge is 0.135 e. The van der Waals surface area contributed by atoms with Crippen LogP contribution in [-0.4, -0.2) is 13.2 Å². The van der Waals surface area contributed by atoms with E-state index >= 15 is 0 Å². The van der Waals surface area contributed by atoms with Gasteiger partial charge in [-0.1, -0.05) is 23.2 Å². The van der Waals surface area contributed by atoms with Gasteiger partial charge in [0.1, 0.15) is 11.5 Å². The minimum Gasteiger partial charge on any atom is -0.492 e. The van der Waals surface area contributed by atoms with Crippen molar-refractivity contribution in [2.75, 3.05) is 13.2 Å². The van der Waals surface area contributed by atoms with Crippen molar-refractivity contribution in [3.8, 4) is 11.5 Å². The molecular weight excluding hydrogens is 561 g/mol. The molecule has 0 aliphatic rings. The molecule has 0 bridgehead atoms. The van der Waals surface area contributed by atoms with Crippen LogP contribution in [0, 0.1) is 21.0 Å². The standard InChI is InChI=1S/C17H16Cl2I2O2/c1-10-6-12(18)8-14(20)16(10)22-4-3-5-23-17-11(2)7-13(19)9-15(17)21/h6-9H,3-5H2,1-2H3. The van der Waals surface area contributed by atoms with Crippen LogP contribution >= 0.6 is 68.4 Å². The molecule has 0 spiro atoms. The number of hydrogen-bond acceptors (Lipinski definition) is 2. The van der Waals surface area contributed by atoms with Crippen LogP contribution in [0.4, 0.5) is 0 Å². The lowest BCUT2D eigenvalue weighted by Crippen LogP contribution is -2.07. The third-order valence-corrected chi connectivity index (χ3v) is 5.21. The molecule has 0 amide bonds. The van der Waals surface area contributed by atoms with Crippen LogP contribution in [0.25, 0.3) is 0 Å². The minimum atomic E-state index is 0.599. The van der Waals surface area contributed by atoms with Gasteiger partial charge in [-0.3, -0.25) is 0 Å². The molecule has 2 aromatic rings. The summed E-state index contributed by atoms with van der Waals surface area (Å²) in [5.74, 6) is 1.79. The van der Waals surface area contributed by atoms with Crippen LogP contribution in [0.1, 0.15) is 17.5 Å². The lowest BCUT2D eigenvalue weighted by molar-refractivity contribution is 0.244. The SMILES string of the molecule is Cc1cc(Cl)cc(I)c1OCCCOc1c(C)cc(Cl)cc1I. The molecule has 0 N–H and O–H groups in total. The number of halogens is 4. The van der Waals surface area contributed by atoms with Crippen molar-refractivity contribution < 1.29 is 9.47 Å². The molecule has 0 saturated heterocycles. The first-order chi connectivity index (χ1) is 10.9. The number of hydrogen-bond donors (Lipinski definition) is 0. The van der Waals surface area contributed by atoms with Crippen LogP contribution in [0.3, 0.4) is 0 Å². The zero-order valence-corrected chi connectivity index (χ0v) is 18.6. The highest BCUT2D eigenvalue weighted by atomic mass is 127. The fraction of sp³-hybridized carbons (Fsp3) is 0.294. The second-order valence-corrected chi connectivity index (χ2v) is 8.31. The molecule has 2 nitrogen and oxygen atoms in total. The van der Waals surface area contributed by atoms with Crippen molar-refractivity contribution in [1.29, 1.82) is 0 Å². The average molecular weight is 577 g/mol. The van der Waals surface area contributed by atoms with Crippen LogP contribution in [0.5, 0.6) is 11.5 Å². The Balaban J connectivity index is 1.85. The Kier molecular flexibility index (Phi) is 7.56. The van der Waals surface area contributed by atoms with Gasteiger partial charge in [-0.25, -0.2) is 0 Å². The first-order valence-electron chi connectivity index (χ1n) is 7.05. The summed E-state index contributed by atoms with van der Waals surface area (Å²) in [6, 6.07) is 7.63. The molecular formula is C17H16Cl2I2O2. The molecule has 0 saturated carbocycles. The number of benzene rings is 2. The summed E-state index contributed by atoms with van der Waals surface area (Å²) in [5, 5.41) is 1.46. The zero-order chi connectivity index (χ0) is 17.0. The number of aryl methyl sites for hydroxylation is 2. The van der Waals surface area contributed by atoms with Crippen LogP contribution in [0.15, 0.2) is 24.3 Å². The maximum Gasteiger partial charge on any atom is 0.135 e. The Morgan fingerprint density at radius 3 is 1.52 bits per heavy atom. The second-order valence-electron chi connectivity index (χ2n) is 5.12. The van der Waals surface area contributed by atoms with Gasteiger partial charge < -0.3 is 9.47 Å². The Labute approximate surface area is 174 Å². The van der Waals surface area contributed by atoms with Crippen LogP contribution in [0.2, 0.25) is 10.0 Å². The molecule has 0 unspecified atom stereocenters. The summed E-state index contributed by atoms with van der Waals surface area (Å²) in [6.07, 6.45) is 0.802. The summed E-state index contributed by atoms with van der Waals surface area (Å²) >= 11 is 16.5. The van der Waals surface area contributed by atoms with E-state index in [1.165, 1.54) is 0 Å². The quantitative estimate of drug-likeness (QED) is 0.283. The lowest BCUT2D eigenvalue weighted by atomic mass is 10.2. The normalized spacial score (nSPS) is 10.7. The predicted octanol–water partition coefficient (Wildman–Crippen LogP) is 6.67. The van der Waals surface area contributed by atoms with E-state index in [9.17, 15) is 0 Å². The molecule has 0 radical (unpaired) electrons. The monoisotopic (exact) mass is 576 g/mol. The van der Waals surface area contributed by atoms with E-state index in [2.05, 4.69) is 45.2 Å². The van der Waals surface area contributed by atoms with Crippen molar-refractivity contribution in [2.45, 2.75) is 20.3 Å². The molecule has 0 aromatic heterocycles. The molecule has 23 heavy (non-hydrogen) atoms. The van der Waals surface area contributed by atoms with Crippen molar-refractivity contribution in [3.05, 3.63) is 52.6 Å². The molecule has 2 rings (SSSR count). The molecule has 0 aliphatic heterocycles. The number of rotatable bonds is 6. The first kappa shape index (κ1) is 19.4. The van der Waals surface area contributed by atoms with Crippen molar-refractivity contribution in [3.63, 3.8) is 0 Å². The molecule has 0 fully saturated rings. The molecule has 0 atom stereocenters. The maximum atomic E-state index is 6.02. The van der Waals surface area contributed by atoms with Gasteiger partial charge in [-0.05, 0) is 94.4 Å². The molecule has 0 heterocycles. The Morgan fingerprint density at radius 1 is 0.783 bits per heavy atom. The molecule has 124 valence electrons. The van der Waals surface area contributed by atoms with Gasteiger partial charge in [0.15, 0.2) is 0 Å². The van der Waals surface area contributed by atoms with E-state index in [1.54, 1.807) is 0 Å². The van der Waals surface area contributed by atoms with E-state index in [1.807, 2.05) is 38.1 Å². The van der Waals surface area contributed by atoms with Gasteiger partial charge in [-0.15, -0.1) is 0 Å². The average Bonchev–Trinajstić information content (AvgIpc) is 2.42.